The van der Waals surface area contributed by atoms with Crippen molar-refractivity contribution in [3.05, 3.63) is 34.6 Å². The zero-order chi connectivity index (χ0) is 15.4. The molecule has 1 fully saturated rings. The van der Waals surface area contributed by atoms with E-state index < -0.39 is 0 Å². The molecular weight excluding hydrogens is 285 g/mol. The Hall–Kier alpha value is -0.600. The molecule has 1 N–H and O–H groups in total. The molecule has 1 aliphatic carbocycles. The van der Waals surface area contributed by atoms with Crippen LogP contribution in [0.4, 0.5) is 4.39 Å². The molecule has 0 saturated heterocycles. The van der Waals surface area contributed by atoms with Crippen LogP contribution in [0.1, 0.15) is 38.7 Å². The average Bonchev–Trinajstić information content (AvgIpc) is 2.44. The first-order chi connectivity index (χ1) is 10.0. The third kappa shape index (κ3) is 4.43. The first-order valence-electron chi connectivity index (χ1n) is 8.09. The monoisotopic (exact) mass is 311 g/mol. The van der Waals surface area contributed by atoms with Gasteiger partial charge in [-0.2, -0.15) is 0 Å². The summed E-state index contributed by atoms with van der Waals surface area (Å²) in [5.41, 5.74) is 0.965. The highest BCUT2D eigenvalue weighted by atomic mass is 35.5. The van der Waals surface area contributed by atoms with Gasteiger partial charge in [-0.25, -0.2) is 4.39 Å². The van der Waals surface area contributed by atoms with Gasteiger partial charge in [0, 0.05) is 5.02 Å². The van der Waals surface area contributed by atoms with Gasteiger partial charge in [-0.3, -0.25) is 0 Å². The molecule has 1 saturated carbocycles. The second kappa shape index (κ2) is 7.60. The van der Waals surface area contributed by atoms with Crippen LogP contribution in [-0.4, -0.2) is 13.6 Å². The number of hydrogen-bond donors (Lipinski definition) is 1. The molecule has 1 aromatic carbocycles. The summed E-state index contributed by atoms with van der Waals surface area (Å²) in [4.78, 5) is 0. The summed E-state index contributed by atoms with van der Waals surface area (Å²) in [5, 5.41) is 4.02. The molecule has 1 aromatic rings. The van der Waals surface area contributed by atoms with Gasteiger partial charge >= 0.3 is 0 Å². The second-order valence-corrected chi connectivity index (χ2v) is 7.24. The number of benzene rings is 1. The summed E-state index contributed by atoms with van der Waals surface area (Å²) < 4.78 is 13.5. The van der Waals surface area contributed by atoms with Crippen LogP contribution in [0.25, 0.3) is 0 Å². The zero-order valence-corrected chi connectivity index (χ0v) is 14.1. The van der Waals surface area contributed by atoms with Crippen LogP contribution in [0.15, 0.2) is 18.2 Å². The Morgan fingerprint density at radius 2 is 2.05 bits per heavy atom. The van der Waals surface area contributed by atoms with Crippen molar-refractivity contribution >= 4 is 11.6 Å². The Kier molecular flexibility index (Phi) is 6.07. The summed E-state index contributed by atoms with van der Waals surface area (Å²) in [6, 6.07) is 4.73. The first kappa shape index (κ1) is 16.8. The topological polar surface area (TPSA) is 12.0 Å². The van der Waals surface area contributed by atoms with E-state index in [4.69, 9.17) is 11.6 Å². The van der Waals surface area contributed by atoms with Crippen LogP contribution in [0, 0.1) is 29.5 Å². The maximum atomic E-state index is 13.5. The molecule has 21 heavy (non-hydrogen) atoms. The summed E-state index contributed by atoms with van der Waals surface area (Å²) in [5.74, 6) is 2.60. The molecule has 0 bridgehead atoms. The van der Waals surface area contributed by atoms with E-state index in [0.717, 1.165) is 30.4 Å². The smallest absolute Gasteiger partial charge is 0.123 e. The maximum Gasteiger partial charge on any atom is 0.123 e. The van der Waals surface area contributed by atoms with Crippen LogP contribution in [0.2, 0.25) is 5.02 Å². The third-order valence-corrected chi connectivity index (χ3v) is 5.45. The van der Waals surface area contributed by atoms with Crippen LogP contribution < -0.4 is 5.32 Å². The second-order valence-electron chi connectivity index (χ2n) is 6.83. The minimum atomic E-state index is -0.184. The van der Waals surface area contributed by atoms with Crippen LogP contribution >= 0.6 is 11.6 Å². The molecule has 0 heterocycles. The lowest BCUT2D eigenvalue weighted by Crippen LogP contribution is -2.34. The highest BCUT2D eigenvalue weighted by molar-refractivity contribution is 6.31. The first-order valence-corrected chi connectivity index (χ1v) is 8.47. The van der Waals surface area contributed by atoms with Crippen LogP contribution in [0.3, 0.4) is 0 Å². The Bertz CT molecular complexity index is 461. The largest absolute Gasteiger partial charge is 0.319 e. The van der Waals surface area contributed by atoms with Gasteiger partial charge in [0.1, 0.15) is 5.82 Å². The van der Waals surface area contributed by atoms with Gasteiger partial charge in [0.15, 0.2) is 0 Å². The number of halogens is 2. The predicted molar refractivity (Wildman–Crippen MR) is 88.2 cm³/mol. The SMILES string of the molecule is CNCC1CCC(C(C)C)CC1Cc1cc(F)ccc1Cl. The summed E-state index contributed by atoms with van der Waals surface area (Å²) in [7, 11) is 2.01. The molecule has 3 atom stereocenters. The van der Waals surface area contributed by atoms with Gasteiger partial charge < -0.3 is 5.32 Å². The molecular formula is C18H27ClFN. The van der Waals surface area contributed by atoms with Crippen molar-refractivity contribution < 1.29 is 4.39 Å². The minimum absolute atomic E-state index is 0.184. The molecule has 118 valence electrons. The fourth-order valence-corrected chi connectivity index (χ4v) is 3.93. The summed E-state index contributed by atoms with van der Waals surface area (Å²) in [6.45, 7) is 5.67. The van der Waals surface area contributed by atoms with Crippen molar-refractivity contribution in [1.29, 1.82) is 0 Å². The van der Waals surface area contributed by atoms with Crippen LogP contribution in [-0.2, 0) is 6.42 Å². The minimum Gasteiger partial charge on any atom is -0.319 e. The fourth-order valence-electron chi connectivity index (χ4n) is 3.73. The lowest BCUT2D eigenvalue weighted by atomic mass is 9.68. The number of nitrogens with one attached hydrogen (secondary N) is 1. The molecule has 0 radical (unpaired) electrons. The summed E-state index contributed by atoms with van der Waals surface area (Å²) in [6.07, 6.45) is 4.71. The van der Waals surface area contributed by atoms with Gasteiger partial charge in [0.05, 0.1) is 0 Å². The van der Waals surface area contributed by atoms with E-state index in [2.05, 4.69) is 19.2 Å². The molecule has 0 aliphatic heterocycles. The highest BCUT2D eigenvalue weighted by Gasteiger charge is 2.31. The van der Waals surface area contributed by atoms with E-state index in [-0.39, 0.29) is 5.82 Å². The van der Waals surface area contributed by atoms with E-state index in [0.29, 0.717) is 16.9 Å². The van der Waals surface area contributed by atoms with Gasteiger partial charge in [-0.1, -0.05) is 25.4 Å². The van der Waals surface area contributed by atoms with Gasteiger partial charge in [0.2, 0.25) is 0 Å². The molecule has 0 amide bonds. The fraction of sp³-hybridized carbons (Fsp3) is 0.667. The third-order valence-electron chi connectivity index (χ3n) is 5.08. The average molecular weight is 312 g/mol. The van der Waals surface area contributed by atoms with Crippen LogP contribution in [0.5, 0.6) is 0 Å². The Balaban J connectivity index is 2.13. The summed E-state index contributed by atoms with van der Waals surface area (Å²) >= 11 is 6.26. The van der Waals surface area contributed by atoms with Crippen molar-refractivity contribution in [2.75, 3.05) is 13.6 Å². The predicted octanol–water partition coefficient (Wildman–Crippen LogP) is 4.93. The van der Waals surface area contributed by atoms with Gasteiger partial charge in [-0.05, 0) is 86.7 Å². The highest BCUT2D eigenvalue weighted by Crippen LogP contribution is 2.39. The van der Waals surface area contributed by atoms with Crippen molar-refractivity contribution in [3.8, 4) is 0 Å². The molecule has 0 spiro atoms. The Morgan fingerprint density at radius 3 is 2.71 bits per heavy atom. The maximum absolute atomic E-state index is 13.5. The van der Waals surface area contributed by atoms with Gasteiger partial charge in [0.25, 0.3) is 0 Å². The number of rotatable bonds is 5. The standard InChI is InChI=1S/C18H27ClFN/c1-12(2)13-4-5-14(11-21-3)15(8-13)9-16-10-17(20)6-7-18(16)19/h6-7,10,12-15,21H,4-5,8-9,11H2,1-3H3. The Labute approximate surface area is 133 Å². The van der Waals surface area contributed by atoms with Crippen molar-refractivity contribution in [2.45, 2.75) is 39.5 Å². The van der Waals surface area contributed by atoms with E-state index in [1.807, 2.05) is 7.05 Å². The zero-order valence-electron chi connectivity index (χ0n) is 13.3. The molecule has 1 aliphatic rings. The van der Waals surface area contributed by atoms with E-state index in [9.17, 15) is 4.39 Å². The van der Waals surface area contributed by atoms with Crippen molar-refractivity contribution in [2.24, 2.45) is 23.7 Å². The molecule has 3 unspecified atom stereocenters. The van der Waals surface area contributed by atoms with E-state index in [1.54, 1.807) is 12.1 Å². The van der Waals surface area contributed by atoms with Crippen molar-refractivity contribution in [3.63, 3.8) is 0 Å². The van der Waals surface area contributed by atoms with Gasteiger partial charge in [-0.15, -0.1) is 0 Å². The van der Waals surface area contributed by atoms with Crippen molar-refractivity contribution in [1.82, 2.24) is 5.32 Å². The lowest BCUT2D eigenvalue weighted by molar-refractivity contribution is 0.146. The molecule has 2 rings (SSSR count). The lowest BCUT2D eigenvalue weighted by Gasteiger charge is -2.38. The molecule has 1 nitrogen and oxygen atoms in total. The molecule has 3 heteroatoms. The quantitative estimate of drug-likeness (QED) is 0.813. The van der Waals surface area contributed by atoms with E-state index >= 15 is 0 Å². The molecule has 0 aromatic heterocycles. The normalized spacial score (nSPS) is 26.3. The Morgan fingerprint density at radius 1 is 1.29 bits per heavy atom. The van der Waals surface area contributed by atoms with E-state index in [1.165, 1.54) is 25.3 Å². The number of hydrogen-bond acceptors (Lipinski definition) is 1.